The number of aromatic nitrogens is 4. The summed E-state index contributed by atoms with van der Waals surface area (Å²) in [6.45, 7) is 4.70. The van der Waals surface area contributed by atoms with E-state index in [1.165, 1.54) is 0 Å². The lowest BCUT2D eigenvalue weighted by molar-refractivity contribution is 0.0957. The Morgan fingerprint density at radius 2 is 2.17 bits per heavy atom. The predicted octanol–water partition coefficient (Wildman–Crippen LogP) is 1.14. The maximum atomic E-state index is 11.6. The van der Waals surface area contributed by atoms with E-state index in [4.69, 9.17) is 4.74 Å². The van der Waals surface area contributed by atoms with Crippen molar-refractivity contribution in [2.45, 2.75) is 32.4 Å². The lowest BCUT2D eigenvalue weighted by atomic mass is 10.2. The SMILES string of the molecule is CNC(=O)c1ccc(N2C[C@H](OC)C[C@H]2c2nc(C)c(C)[nH]2)nn1. The van der Waals surface area contributed by atoms with Crippen LogP contribution in [0.5, 0.6) is 0 Å². The average Bonchev–Trinajstić information content (AvgIpc) is 3.18. The van der Waals surface area contributed by atoms with E-state index in [-0.39, 0.29) is 18.1 Å². The van der Waals surface area contributed by atoms with E-state index >= 15 is 0 Å². The topological polar surface area (TPSA) is 96.0 Å². The summed E-state index contributed by atoms with van der Waals surface area (Å²) in [7, 11) is 3.28. The lowest BCUT2D eigenvalue weighted by Gasteiger charge is -2.23. The van der Waals surface area contributed by atoms with E-state index in [9.17, 15) is 4.79 Å². The van der Waals surface area contributed by atoms with E-state index in [1.807, 2.05) is 19.9 Å². The molecule has 3 rings (SSSR count). The Hall–Kier alpha value is -2.48. The molecule has 2 aromatic heterocycles. The lowest BCUT2D eigenvalue weighted by Crippen LogP contribution is -2.27. The first kappa shape index (κ1) is 16.4. The number of carbonyl (C=O) groups is 1. The molecule has 2 aromatic rings. The maximum Gasteiger partial charge on any atom is 0.271 e. The second-order valence-corrected chi connectivity index (χ2v) is 5.95. The molecular weight excluding hydrogens is 308 g/mol. The first-order valence-electron chi connectivity index (χ1n) is 7.91. The molecule has 1 aliphatic rings. The molecule has 1 amide bonds. The fourth-order valence-corrected chi connectivity index (χ4v) is 2.94. The van der Waals surface area contributed by atoms with Gasteiger partial charge >= 0.3 is 0 Å². The summed E-state index contributed by atoms with van der Waals surface area (Å²) >= 11 is 0. The number of imidazole rings is 1. The molecule has 1 fully saturated rings. The number of nitrogens with zero attached hydrogens (tertiary/aromatic N) is 4. The molecule has 3 heterocycles. The Bertz CT molecular complexity index is 707. The predicted molar refractivity (Wildman–Crippen MR) is 89.0 cm³/mol. The summed E-state index contributed by atoms with van der Waals surface area (Å²) in [5, 5.41) is 10.8. The minimum atomic E-state index is -0.251. The van der Waals surface area contributed by atoms with E-state index in [0.717, 1.165) is 23.6 Å². The number of hydrogen-bond acceptors (Lipinski definition) is 6. The van der Waals surface area contributed by atoms with Crippen molar-refractivity contribution in [1.29, 1.82) is 0 Å². The van der Waals surface area contributed by atoms with Gasteiger partial charge in [0.15, 0.2) is 11.5 Å². The van der Waals surface area contributed by atoms with Crippen LogP contribution in [0.4, 0.5) is 5.82 Å². The highest BCUT2D eigenvalue weighted by Crippen LogP contribution is 2.35. The molecule has 8 heteroatoms. The van der Waals surface area contributed by atoms with Crippen LogP contribution in [0.3, 0.4) is 0 Å². The molecular formula is C16H22N6O2. The summed E-state index contributed by atoms with van der Waals surface area (Å²) in [6, 6.07) is 3.53. The van der Waals surface area contributed by atoms with Crippen molar-refractivity contribution >= 4 is 11.7 Å². The molecule has 128 valence electrons. The van der Waals surface area contributed by atoms with Gasteiger partial charge in [-0.25, -0.2) is 4.98 Å². The van der Waals surface area contributed by atoms with Crippen molar-refractivity contribution in [3.05, 3.63) is 35.0 Å². The molecule has 1 aliphatic heterocycles. The fourth-order valence-electron chi connectivity index (χ4n) is 2.94. The number of anilines is 1. The quantitative estimate of drug-likeness (QED) is 0.873. The van der Waals surface area contributed by atoms with Crippen LogP contribution in [0.25, 0.3) is 0 Å². The average molecular weight is 330 g/mol. The number of ether oxygens (including phenoxy) is 1. The number of carbonyl (C=O) groups excluding carboxylic acids is 1. The highest BCUT2D eigenvalue weighted by atomic mass is 16.5. The van der Waals surface area contributed by atoms with Crippen LogP contribution in [0, 0.1) is 13.8 Å². The Morgan fingerprint density at radius 1 is 1.38 bits per heavy atom. The Kier molecular flexibility index (Phi) is 4.48. The zero-order valence-corrected chi connectivity index (χ0v) is 14.3. The van der Waals surface area contributed by atoms with E-state index in [2.05, 4.69) is 30.4 Å². The van der Waals surface area contributed by atoms with Crippen LogP contribution in [0.1, 0.15) is 40.2 Å². The number of aromatic amines is 1. The second-order valence-electron chi connectivity index (χ2n) is 5.95. The number of hydrogen-bond donors (Lipinski definition) is 2. The Morgan fingerprint density at radius 3 is 2.71 bits per heavy atom. The molecule has 0 aromatic carbocycles. The van der Waals surface area contributed by atoms with Crippen LogP contribution in [-0.4, -0.2) is 52.9 Å². The van der Waals surface area contributed by atoms with Crippen molar-refractivity contribution in [2.24, 2.45) is 0 Å². The molecule has 0 radical (unpaired) electrons. The van der Waals surface area contributed by atoms with Crippen molar-refractivity contribution < 1.29 is 9.53 Å². The van der Waals surface area contributed by atoms with E-state index < -0.39 is 0 Å². The van der Waals surface area contributed by atoms with Gasteiger partial charge in [0.05, 0.1) is 17.8 Å². The van der Waals surface area contributed by atoms with Crippen molar-refractivity contribution in [2.75, 3.05) is 25.6 Å². The fraction of sp³-hybridized carbons (Fsp3) is 0.500. The normalized spacial score (nSPS) is 20.4. The summed E-state index contributed by atoms with van der Waals surface area (Å²) < 4.78 is 5.54. The third-order valence-corrected chi connectivity index (χ3v) is 4.46. The summed E-state index contributed by atoms with van der Waals surface area (Å²) in [5.74, 6) is 1.36. The highest BCUT2D eigenvalue weighted by Gasteiger charge is 2.36. The molecule has 2 N–H and O–H groups in total. The maximum absolute atomic E-state index is 11.6. The van der Waals surface area contributed by atoms with E-state index in [0.29, 0.717) is 18.1 Å². The van der Waals surface area contributed by atoms with Gasteiger partial charge in [-0.1, -0.05) is 0 Å². The molecule has 1 saturated heterocycles. The van der Waals surface area contributed by atoms with Crippen LogP contribution in [0.2, 0.25) is 0 Å². The first-order chi connectivity index (χ1) is 11.5. The first-order valence-corrected chi connectivity index (χ1v) is 7.91. The van der Waals surface area contributed by atoms with Gasteiger partial charge in [0.1, 0.15) is 5.82 Å². The van der Waals surface area contributed by atoms with Gasteiger partial charge in [0.25, 0.3) is 5.91 Å². The van der Waals surface area contributed by atoms with Crippen LogP contribution in [0.15, 0.2) is 12.1 Å². The summed E-state index contributed by atoms with van der Waals surface area (Å²) in [6.07, 6.45) is 0.919. The number of methoxy groups -OCH3 is 1. The largest absolute Gasteiger partial charge is 0.380 e. The molecule has 0 spiro atoms. The smallest absolute Gasteiger partial charge is 0.271 e. The molecule has 0 unspecified atom stereocenters. The van der Waals surface area contributed by atoms with Crippen molar-refractivity contribution in [3.8, 4) is 0 Å². The van der Waals surface area contributed by atoms with Gasteiger partial charge in [-0.3, -0.25) is 4.79 Å². The van der Waals surface area contributed by atoms with Crippen LogP contribution in [-0.2, 0) is 4.74 Å². The van der Waals surface area contributed by atoms with Crippen LogP contribution < -0.4 is 10.2 Å². The third kappa shape index (κ3) is 2.96. The zero-order chi connectivity index (χ0) is 17.3. The monoisotopic (exact) mass is 330 g/mol. The van der Waals surface area contributed by atoms with Crippen molar-refractivity contribution in [3.63, 3.8) is 0 Å². The van der Waals surface area contributed by atoms with Gasteiger partial charge < -0.3 is 19.9 Å². The summed E-state index contributed by atoms with van der Waals surface area (Å²) in [5.41, 5.74) is 2.35. The zero-order valence-electron chi connectivity index (χ0n) is 14.3. The van der Waals surface area contributed by atoms with Crippen molar-refractivity contribution in [1.82, 2.24) is 25.5 Å². The number of aryl methyl sites for hydroxylation is 2. The Labute approximate surface area is 140 Å². The van der Waals surface area contributed by atoms with Gasteiger partial charge in [-0.05, 0) is 26.0 Å². The highest BCUT2D eigenvalue weighted by molar-refractivity contribution is 5.91. The van der Waals surface area contributed by atoms with E-state index in [1.54, 1.807) is 20.2 Å². The molecule has 24 heavy (non-hydrogen) atoms. The third-order valence-electron chi connectivity index (χ3n) is 4.46. The number of nitrogens with one attached hydrogen (secondary N) is 2. The number of rotatable bonds is 4. The molecule has 8 nitrogen and oxygen atoms in total. The summed E-state index contributed by atoms with van der Waals surface area (Å²) in [4.78, 5) is 21.7. The minimum absolute atomic E-state index is 0.0440. The standard InChI is InChI=1S/C16H22N6O2/c1-9-10(2)19-15(18-9)13-7-11(24-4)8-22(13)14-6-5-12(20-21-14)16(23)17-3/h5-6,11,13H,7-8H2,1-4H3,(H,17,23)(H,18,19)/t11-,13+/m1/s1. The molecule has 0 aliphatic carbocycles. The molecule has 2 atom stereocenters. The second kappa shape index (κ2) is 6.56. The van der Waals surface area contributed by atoms with Crippen LogP contribution >= 0.6 is 0 Å². The van der Waals surface area contributed by atoms with Gasteiger partial charge in [-0.2, -0.15) is 0 Å². The molecule has 0 saturated carbocycles. The number of amides is 1. The minimum Gasteiger partial charge on any atom is -0.380 e. The molecule has 0 bridgehead atoms. The van der Waals surface area contributed by atoms with Gasteiger partial charge in [0, 0.05) is 32.8 Å². The van der Waals surface area contributed by atoms with Gasteiger partial charge in [-0.15, -0.1) is 10.2 Å². The number of H-pyrrole nitrogens is 1. The van der Waals surface area contributed by atoms with Gasteiger partial charge in [0.2, 0.25) is 0 Å². The Balaban J connectivity index is 1.89.